The molecular weight excluding hydrogens is 434 g/mol. The summed E-state index contributed by atoms with van der Waals surface area (Å²) in [6, 6.07) is 18.3. The Balaban J connectivity index is 1.45. The van der Waals surface area contributed by atoms with E-state index in [2.05, 4.69) is 16.0 Å². The van der Waals surface area contributed by atoms with Crippen LogP contribution in [-0.4, -0.2) is 32.1 Å². The van der Waals surface area contributed by atoms with E-state index >= 15 is 0 Å². The number of carbonyl (C=O) groups excluding carboxylic acids is 2. The lowest BCUT2D eigenvalue weighted by Crippen LogP contribution is -2.17. The van der Waals surface area contributed by atoms with E-state index in [1.807, 2.05) is 24.3 Å². The fourth-order valence-corrected chi connectivity index (χ4v) is 3.63. The average molecular weight is 462 g/mol. The highest BCUT2D eigenvalue weighted by molar-refractivity contribution is 6.05. The molecule has 3 N–H and O–H groups in total. The van der Waals surface area contributed by atoms with E-state index < -0.39 is 0 Å². The van der Waals surface area contributed by atoms with Crippen molar-refractivity contribution in [3.8, 4) is 17.2 Å². The maximum absolute atomic E-state index is 12.9. The number of anilines is 2. The number of amides is 2. The second-order valence-corrected chi connectivity index (χ2v) is 7.86. The van der Waals surface area contributed by atoms with Crippen LogP contribution in [0.5, 0.6) is 17.2 Å². The van der Waals surface area contributed by atoms with Crippen LogP contribution < -0.4 is 30.2 Å². The third kappa shape index (κ3) is 6.05. The predicted octanol–water partition coefficient (Wildman–Crippen LogP) is 3.97. The van der Waals surface area contributed by atoms with E-state index in [1.54, 1.807) is 43.5 Å². The highest BCUT2D eigenvalue weighted by Gasteiger charge is 2.13. The molecule has 0 saturated carbocycles. The first-order chi connectivity index (χ1) is 16.5. The van der Waals surface area contributed by atoms with Gasteiger partial charge in [0.05, 0.1) is 7.11 Å². The Hall–Kier alpha value is -4.04. The first-order valence-electron chi connectivity index (χ1n) is 11.0. The van der Waals surface area contributed by atoms with Crippen molar-refractivity contribution in [2.24, 2.45) is 0 Å². The molecule has 0 aromatic heterocycles. The quantitative estimate of drug-likeness (QED) is 0.470. The second kappa shape index (κ2) is 10.7. The average Bonchev–Trinajstić information content (AvgIpc) is 2.84. The molecule has 0 aliphatic carbocycles. The molecule has 176 valence electrons. The summed E-state index contributed by atoms with van der Waals surface area (Å²) in [7, 11) is 1.59. The molecule has 3 aromatic rings. The van der Waals surface area contributed by atoms with Crippen molar-refractivity contribution in [1.29, 1.82) is 0 Å². The number of carbonyl (C=O) groups is 2. The van der Waals surface area contributed by atoms with E-state index in [-0.39, 0.29) is 11.8 Å². The minimum atomic E-state index is -0.273. The molecule has 0 radical (unpaired) electrons. The normalized spacial score (nSPS) is 12.1. The second-order valence-electron chi connectivity index (χ2n) is 7.86. The van der Waals surface area contributed by atoms with Gasteiger partial charge in [-0.25, -0.2) is 0 Å². The third-order valence-corrected chi connectivity index (χ3v) is 5.19. The fourth-order valence-electron chi connectivity index (χ4n) is 3.63. The molecule has 8 heteroatoms. The summed E-state index contributed by atoms with van der Waals surface area (Å²) in [5.74, 6) is 1.73. The van der Waals surface area contributed by atoms with Gasteiger partial charge in [-0.3, -0.25) is 9.59 Å². The summed E-state index contributed by atoms with van der Waals surface area (Å²) in [4.78, 5) is 24.5. The number of nitrogens with one attached hydrogen (secondary N) is 3. The molecule has 2 amide bonds. The highest BCUT2D eigenvalue weighted by Crippen LogP contribution is 2.30. The predicted molar refractivity (Wildman–Crippen MR) is 130 cm³/mol. The van der Waals surface area contributed by atoms with Crippen molar-refractivity contribution in [1.82, 2.24) is 5.32 Å². The Morgan fingerprint density at radius 2 is 1.56 bits per heavy atom. The number of benzene rings is 3. The van der Waals surface area contributed by atoms with Gasteiger partial charge in [0.15, 0.2) is 11.5 Å². The SMILES string of the molecule is COc1ccc(NC(=O)c2cc(CNCc3ccc4c(c3)OCCO4)cc(NC(C)=O)c2)cc1. The van der Waals surface area contributed by atoms with E-state index in [1.165, 1.54) is 6.92 Å². The van der Waals surface area contributed by atoms with Gasteiger partial charge in [-0.2, -0.15) is 0 Å². The van der Waals surface area contributed by atoms with Gasteiger partial charge in [0, 0.05) is 37.0 Å². The van der Waals surface area contributed by atoms with Gasteiger partial charge in [0.1, 0.15) is 19.0 Å². The van der Waals surface area contributed by atoms with Crippen molar-refractivity contribution in [3.05, 3.63) is 77.4 Å². The summed E-state index contributed by atoms with van der Waals surface area (Å²) >= 11 is 0. The molecule has 1 heterocycles. The largest absolute Gasteiger partial charge is 0.497 e. The molecule has 0 saturated heterocycles. The van der Waals surface area contributed by atoms with Crippen LogP contribution in [0.2, 0.25) is 0 Å². The number of ether oxygens (including phenoxy) is 3. The number of hydrogen-bond donors (Lipinski definition) is 3. The zero-order valence-electron chi connectivity index (χ0n) is 19.1. The van der Waals surface area contributed by atoms with Crippen molar-refractivity contribution < 1.29 is 23.8 Å². The Kier molecular flexibility index (Phi) is 7.29. The number of hydrogen-bond acceptors (Lipinski definition) is 6. The van der Waals surface area contributed by atoms with Crippen LogP contribution in [0, 0.1) is 0 Å². The Morgan fingerprint density at radius 1 is 0.824 bits per heavy atom. The molecule has 1 aliphatic rings. The summed E-state index contributed by atoms with van der Waals surface area (Å²) in [6.07, 6.45) is 0. The molecule has 4 rings (SSSR count). The smallest absolute Gasteiger partial charge is 0.255 e. The van der Waals surface area contributed by atoms with Gasteiger partial charge in [-0.05, 0) is 65.7 Å². The lowest BCUT2D eigenvalue weighted by Gasteiger charge is -2.19. The minimum Gasteiger partial charge on any atom is -0.497 e. The van der Waals surface area contributed by atoms with Crippen molar-refractivity contribution in [2.75, 3.05) is 31.0 Å². The summed E-state index contributed by atoms with van der Waals surface area (Å²) in [5.41, 5.74) is 3.57. The summed E-state index contributed by atoms with van der Waals surface area (Å²) in [6.45, 7) is 3.65. The van der Waals surface area contributed by atoms with Gasteiger partial charge < -0.3 is 30.2 Å². The molecule has 0 fully saturated rings. The Labute approximate surface area is 198 Å². The molecule has 1 aliphatic heterocycles. The molecule has 0 bridgehead atoms. The monoisotopic (exact) mass is 461 g/mol. The third-order valence-electron chi connectivity index (χ3n) is 5.19. The van der Waals surface area contributed by atoms with E-state index in [4.69, 9.17) is 14.2 Å². The Bertz CT molecular complexity index is 1180. The minimum absolute atomic E-state index is 0.206. The lowest BCUT2D eigenvalue weighted by molar-refractivity contribution is -0.114. The zero-order valence-corrected chi connectivity index (χ0v) is 19.1. The fraction of sp³-hybridized carbons (Fsp3) is 0.231. The highest BCUT2D eigenvalue weighted by atomic mass is 16.6. The standard InChI is InChI=1S/C26H27N3O5/c1-17(30)28-22-12-19(16-27-15-18-3-8-24-25(13-18)34-10-9-33-24)11-20(14-22)26(31)29-21-4-6-23(32-2)7-5-21/h3-8,11-14,27H,9-10,15-16H2,1-2H3,(H,28,30)(H,29,31). The zero-order chi connectivity index (χ0) is 23.9. The maximum atomic E-state index is 12.9. The van der Waals surface area contributed by atoms with Crippen LogP contribution >= 0.6 is 0 Å². The lowest BCUT2D eigenvalue weighted by atomic mass is 10.1. The maximum Gasteiger partial charge on any atom is 0.255 e. The van der Waals surface area contributed by atoms with Crippen molar-refractivity contribution >= 4 is 23.2 Å². The number of methoxy groups -OCH3 is 1. The molecule has 8 nitrogen and oxygen atoms in total. The Morgan fingerprint density at radius 3 is 2.29 bits per heavy atom. The summed E-state index contributed by atoms with van der Waals surface area (Å²) in [5, 5.41) is 9.02. The van der Waals surface area contributed by atoms with E-state index in [9.17, 15) is 9.59 Å². The molecule has 0 atom stereocenters. The van der Waals surface area contributed by atoms with Crippen molar-refractivity contribution in [2.45, 2.75) is 20.0 Å². The van der Waals surface area contributed by atoms with Gasteiger partial charge in [-0.1, -0.05) is 6.07 Å². The van der Waals surface area contributed by atoms with Crippen LogP contribution in [-0.2, 0) is 17.9 Å². The number of fused-ring (bicyclic) bond motifs is 1. The van der Waals surface area contributed by atoms with Crippen LogP contribution in [0.4, 0.5) is 11.4 Å². The molecule has 0 spiro atoms. The van der Waals surface area contributed by atoms with E-state index in [0.29, 0.717) is 49.0 Å². The van der Waals surface area contributed by atoms with E-state index in [0.717, 1.165) is 22.6 Å². The van der Waals surface area contributed by atoms with Gasteiger partial charge >= 0.3 is 0 Å². The van der Waals surface area contributed by atoms with Crippen LogP contribution in [0.1, 0.15) is 28.4 Å². The molecule has 3 aromatic carbocycles. The summed E-state index contributed by atoms with van der Waals surface area (Å²) < 4.78 is 16.4. The molecule has 0 unspecified atom stereocenters. The molecular formula is C26H27N3O5. The first-order valence-corrected chi connectivity index (χ1v) is 11.0. The van der Waals surface area contributed by atoms with Gasteiger partial charge in [0.2, 0.25) is 5.91 Å². The van der Waals surface area contributed by atoms with Gasteiger partial charge in [-0.15, -0.1) is 0 Å². The first kappa shape index (κ1) is 23.1. The van der Waals surface area contributed by atoms with Gasteiger partial charge in [0.25, 0.3) is 5.91 Å². The van der Waals surface area contributed by atoms with Crippen molar-refractivity contribution in [3.63, 3.8) is 0 Å². The van der Waals surface area contributed by atoms with Crippen LogP contribution in [0.3, 0.4) is 0 Å². The topological polar surface area (TPSA) is 97.9 Å². The number of rotatable bonds is 8. The van der Waals surface area contributed by atoms with Crippen LogP contribution in [0.15, 0.2) is 60.7 Å². The molecule has 34 heavy (non-hydrogen) atoms. The van der Waals surface area contributed by atoms with Crippen LogP contribution in [0.25, 0.3) is 0 Å².